The van der Waals surface area contributed by atoms with Crippen LogP contribution in [-0.2, 0) is 4.79 Å². The quantitative estimate of drug-likeness (QED) is 0.402. The highest BCUT2D eigenvalue weighted by atomic mass is 35.5. The lowest BCUT2D eigenvalue weighted by Gasteiger charge is -2.36. The molecule has 2 heterocycles. The Morgan fingerprint density at radius 2 is 1.62 bits per heavy atom. The number of piperazine rings is 1. The summed E-state index contributed by atoms with van der Waals surface area (Å²) in [5.74, 6) is 0.103. The molecule has 1 saturated heterocycles. The molecule has 7 nitrogen and oxygen atoms in total. The Morgan fingerprint density at radius 1 is 0.971 bits per heavy atom. The van der Waals surface area contributed by atoms with Gasteiger partial charge in [0.1, 0.15) is 0 Å². The standard InChI is InChI=1S/C25H26ClN5O2S/c1-17-15-18(2)28-25(27-17)34-16-23(32)29-19-7-9-20(10-8-19)30-11-13-31(14-12-30)24(33)21-5-3-4-6-22(21)26/h3-10,15H,11-14,16H2,1-2H3,(H,29,32). The number of amides is 2. The predicted octanol–water partition coefficient (Wildman–Crippen LogP) is 4.44. The second-order valence-electron chi connectivity index (χ2n) is 8.08. The number of hydrogen-bond acceptors (Lipinski definition) is 6. The van der Waals surface area contributed by atoms with Crippen LogP contribution in [0.3, 0.4) is 0 Å². The van der Waals surface area contributed by atoms with Crippen LogP contribution >= 0.6 is 23.4 Å². The number of hydrogen-bond donors (Lipinski definition) is 1. The zero-order valence-corrected chi connectivity index (χ0v) is 20.7. The van der Waals surface area contributed by atoms with E-state index in [0.29, 0.717) is 28.8 Å². The van der Waals surface area contributed by atoms with Gasteiger partial charge in [0.25, 0.3) is 5.91 Å². The molecule has 3 aromatic rings. The number of nitrogens with one attached hydrogen (secondary N) is 1. The Morgan fingerprint density at radius 3 is 2.26 bits per heavy atom. The maximum atomic E-state index is 12.8. The van der Waals surface area contributed by atoms with Crippen LogP contribution in [0.15, 0.2) is 59.8 Å². The number of thioether (sulfide) groups is 1. The lowest BCUT2D eigenvalue weighted by Crippen LogP contribution is -2.48. The number of halogens is 1. The lowest BCUT2D eigenvalue weighted by atomic mass is 10.1. The van der Waals surface area contributed by atoms with Crippen LogP contribution < -0.4 is 10.2 Å². The Labute approximate surface area is 208 Å². The van der Waals surface area contributed by atoms with E-state index in [9.17, 15) is 9.59 Å². The number of nitrogens with zero attached hydrogens (tertiary/aromatic N) is 4. The molecule has 1 aliphatic heterocycles. The number of anilines is 2. The van der Waals surface area contributed by atoms with Gasteiger partial charge in [-0.1, -0.05) is 35.5 Å². The predicted molar refractivity (Wildman–Crippen MR) is 137 cm³/mol. The van der Waals surface area contributed by atoms with Gasteiger partial charge in [0.2, 0.25) is 5.91 Å². The third kappa shape index (κ3) is 6.07. The van der Waals surface area contributed by atoms with Crippen LogP contribution in [0.4, 0.5) is 11.4 Å². The zero-order valence-electron chi connectivity index (χ0n) is 19.1. The summed E-state index contributed by atoms with van der Waals surface area (Å²) in [6.07, 6.45) is 0. The Kier molecular flexibility index (Phi) is 7.70. The summed E-state index contributed by atoms with van der Waals surface area (Å²) in [5.41, 5.74) is 4.11. The van der Waals surface area contributed by atoms with Crippen molar-refractivity contribution in [2.75, 3.05) is 42.1 Å². The summed E-state index contributed by atoms with van der Waals surface area (Å²) in [6.45, 7) is 6.54. The van der Waals surface area contributed by atoms with E-state index < -0.39 is 0 Å². The Hall–Kier alpha value is -3.10. The second kappa shape index (κ2) is 10.9. The summed E-state index contributed by atoms with van der Waals surface area (Å²) in [7, 11) is 0. The van der Waals surface area contributed by atoms with Crippen molar-refractivity contribution in [3.05, 3.63) is 76.6 Å². The third-order valence-corrected chi connectivity index (χ3v) is 6.66. The van der Waals surface area contributed by atoms with Crippen LogP contribution in [0.1, 0.15) is 21.7 Å². The fraction of sp³-hybridized carbons (Fsp3) is 0.280. The van der Waals surface area contributed by atoms with Crippen LogP contribution in [0.2, 0.25) is 5.02 Å². The van der Waals surface area contributed by atoms with Gasteiger partial charge in [-0.05, 0) is 56.3 Å². The molecule has 9 heteroatoms. The molecule has 1 N–H and O–H groups in total. The van der Waals surface area contributed by atoms with Gasteiger partial charge in [-0.2, -0.15) is 0 Å². The van der Waals surface area contributed by atoms with Gasteiger partial charge in [0.15, 0.2) is 5.16 Å². The maximum Gasteiger partial charge on any atom is 0.255 e. The molecule has 2 amide bonds. The van der Waals surface area contributed by atoms with Gasteiger partial charge in [-0.25, -0.2) is 9.97 Å². The first-order valence-corrected chi connectivity index (χ1v) is 12.4. The normalized spacial score (nSPS) is 13.6. The van der Waals surface area contributed by atoms with Crippen molar-refractivity contribution in [1.82, 2.24) is 14.9 Å². The minimum Gasteiger partial charge on any atom is -0.368 e. The molecule has 0 radical (unpaired) electrons. The molecule has 4 rings (SSSR count). The van der Waals surface area contributed by atoms with E-state index in [1.165, 1.54) is 11.8 Å². The first-order valence-electron chi connectivity index (χ1n) is 11.0. The van der Waals surface area contributed by atoms with Gasteiger partial charge in [-0.3, -0.25) is 9.59 Å². The number of aromatic nitrogens is 2. The smallest absolute Gasteiger partial charge is 0.255 e. The van der Waals surface area contributed by atoms with E-state index in [1.54, 1.807) is 12.1 Å². The van der Waals surface area contributed by atoms with Gasteiger partial charge >= 0.3 is 0 Å². The molecular formula is C25H26ClN5O2S. The molecule has 0 unspecified atom stereocenters. The summed E-state index contributed by atoms with van der Waals surface area (Å²) in [5, 5.41) is 4.00. The maximum absolute atomic E-state index is 12.8. The summed E-state index contributed by atoms with van der Waals surface area (Å²) >= 11 is 7.50. The third-order valence-electron chi connectivity index (χ3n) is 5.48. The van der Waals surface area contributed by atoms with Crippen molar-refractivity contribution >= 4 is 46.6 Å². The van der Waals surface area contributed by atoms with E-state index in [2.05, 4.69) is 20.2 Å². The van der Waals surface area contributed by atoms with Gasteiger partial charge in [0, 0.05) is 48.9 Å². The Balaban J connectivity index is 1.27. The van der Waals surface area contributed by atoms with Crippen molar-refractivity contribution in [2.45, 2.75) is 19.0 Å². The van der Waals surface area contributed by atoms with Crippen molar-refractivity contribution < 1.29 is 9.59 Å². The van der Waals surface area contributed by atoms with Crippen LogP contribution in [0.5, 0.6) is 0 Å². The molecule has 1 aliphatic rings. The molecule has 1 aromatic heterocycles. The topological polar surface area (TPSA) is 78.4 Å². The highest BCUT2D eigenvalue weighted by Crippen LogP contribution is 2.22. The van der Waals surface area contributed by atoms with Gasteiger partial charge in [0.05, 0.1) is 16.3 Å². The molecule has 0 bridgehead atoms. The molecular weight excluding hydrogens is 470 g/mol. The average Bonchev–Trinajstić information content (AvgIpc) is 2.83. The van der Waals surface area contributed by atoms with E-state index >= 15 is 0 Å². The van der Waals surface area contributed by atoms with Crippen LogP contribution in [0.25, 0.3) is 0 Å². The number of carbonyl (C=O) groups is 2. The van der Waals surface area contributed by atoms with E-state index in [0.717, 1.165) is 35.9 Å². The SMILES string of the molecule is Cc1cc(C)nc(SCC(=O)Nc2ccc(N3CCN(C(=O)c4ccccc4Cl)CC3)cc2)n1. The molecule has 0 spiro atoms. The van der Waals surface area contributed by atoms with Crippen molar-refractivity contribution in [3.8, 4) is 0 Å². The molecule has 34 heavy (non-hydrogen) atoms. The monoisotopic (exact) mass is 495 g/mol. The largest absolute Gasteiger partial charge is 0.368 e. The fourth-order valence-electron chi connectivity index (χ4n) is 3.81. The highest BCUT2D eigenvalue weighted by Gasteiger charge is 2.23. The first-order chi connectivity index (χ1) is 16.4. The summed E-state index contributed by atoms with van der Waals surface area (Å²) < 4.78 is 0. The number of carbonyl (C=O) groups excluding carboxylic acids is 2. The average molecular weight is 496 g/mol. The van der Waals surface area contributed by atoms with Crippen LogP contribution in [0, 0.1) is 13.8 Å². The lowest BCUT2D eigenvalue weighted by molar-refractivity contribution is -0.113. The minimum absolute atomic E-state index is 0.0348. The molecule has 2 aromatic carbocycles. The fourth-order valence-corrected chi connectivity index (χ4v) is 4.78. The molecule has 176 valence electrons. The zero-order chi connectivity index (χ0) is 24.1. The molecule has 0 atom stereocenters. The van der Waals surface area contributed by atoms with E-state index in [1.807, 2.05) is 61.2 Å². The highest BCUT2D eigenvalue weighted by molar-refractivity contribution is 7.99. The minimum atomic E-state index is -0.104. The van der Waals surface area contributed by atoms with Crippen molar-refractivity contribution in [3.63, 3.8) is 0 Å². The van der Waals surface area contributed by atoms with E-state index in [-0.39, 0.29) is 17.6 Å². The van der Waals surface area contributed by atoms with Crippen molar-refractivity contribution in [1.29, 1.82) is 0 Å². The molecule has 0 aliphatic carbocycles. The molecule has 1 fully saturated rings. The summed E-state index contributed by atoms with van der Waals surface area (Å²) in [4.78, 5) is 37.9. The number of rotatable bonds is 6. The summed E-state index contributed by atoms with van der Waals surface area (Å²) in [6, 6.07) is 16.8. The number of aryl methyl sites for hydroxylation is 2. The number of benzene rings is 2. The van der Waals surface area contributed by atoms with Gasteiger partial charge in [-0.15, -0.1) is 0 Å². The second-order valence-corrected chi connectivity index (χ2v) is 9.43. The van der Waals surface area contributed by atoms with Crippen LogP contribution in [-0.4, -0.2) is 58.6 Å². The van der Waals surface area contributed by atoms with Gasteiger partial charge < -0.3 is 15.1 Å². The Bertz CT molecular complexity index is 1160. The van der Waals surface area contributed by atoms with Crippen molar-refractivity contribution in [2.24, 2.45) is 0 Å². The van der Waals surface area contributed by atoms with E-state index in [4.69, 9.17) is 11.6 Å². The molecule has 0 saturated carbocycles. The first kappa shape index (κ1) is 24.0.